The fraction of sp³-hybridized carbons (Fsp3) is 0.0952. The molecular weight excluding hydrogens is 447 g/mol. The summed E-state index contributed by atoms with van der Waals surface area (Å²) in [6.07, 6.45) is 0. The van der Waals surface area contributed by atoms with Crippen molar-refractivity contribution in [2.24, 2.45) is 0 Å². The van der Waals surface area contributed by atoms with Crippen molar-refractivity contribution < 1.29 is 17.9 Å². The summed E-state index contributed by atoms with van der Waals surface area (Å²) >= 11 is 12.1. The van der Waals surface area contributed by atoms with E-state index in [0.29, 0.717) is 27.1 Å². The van der Waals surface area contributed by atoms with Crippen LogP contribution < -0.4 is 14.8 Å². The number of carbonyl (C=O) groups is 1. The minimum atomic E-state index is -3.97. The zero-order valence-corrected chi connectivity index (χ0v) is 18.4. The molecular formula is C21H18Cl2N2O4S. The molecule has 2 N–H and O–H groups in total. The summed E-state index contributed by atoms with van der Waals surface area (Å²) in [4.78, 5) is 12.2. The highest BCUT2D eigenvalue weighted by molar-refractivity contribution is 7.92. The van der Waals surface area contributed by atoms with Gasteiger partial charge in [-0.15, -0.1) is 0 Å². The molecule has 0 spiro atoms. The average molecular weight is 465 g/mol. The number of carbonyl (C=O) groups excluding carboxylic acids is 1. The van der Waals surface area contributed by atoms with Crippen molar-refractivity contribution in [3.63, 3.8) is 0 Å². The fourth-order valence-corrected chi connectivity index (χ4v) is 4.33. The third-order valence-corrected chi connectivity index (χ3v) is 6.10. The Labute approximate surface area is 184 Å². The third-order valence-electron chi connectivity index (χ3n) is 4.21. The smallest absolute Gasteiger partial charge is 0.261 e. The second-order valence-corrected chi connectivity index (χ2v) is 8.86. The van der Waals surface area contributed by atoms with Gasteiger partial charge in [0.05, 0.1) is 21.2 Å². The predicted molar refractivity (Wildman–Crippen MR) is 118 cm³/mol. The molecule has 3 rings (SSSR count). The van der Waals surface area contributed by atoms with Crippen molar-refractivity contribution in [3.8, 4) is 11.5 Å². The molecule has 0 bridgehead atoms. The second-order valence-electron chi connectivity index (χ2n) is 6.33. The van der Waals surface area contributed by atoms with Crippen LogP contribution in [0.4, 0.5) is 5.69 Å². The van der Waals surface area contributed by atoms with Crippen LogP contribution >= 0.6 is 23.2 Å². The van der Waals surface area contributed by atoms with Gasteiger partial charge in [0.25, 0.3) is 15.9 Å². The lowest BCUT2D eigenvalue weighted by atomic mass is 10.1. The van der Waals surface area contributed by atoms with E-state index >= 15 is 0 Å². The van der Waals surface area contributed by atoms with E-state index < -0.39 is 15.9 Å². The Hall–Kier alpha value is -2.74. The fourth-order valence-electron chi connectivity index (χ4n) is 2.73. The van der Waals surface area contributed by atoms with Gasteiger partial charge in [0.1, 0.15) is 11.5 Å². The van der Waals surface area contributed by atoms with Crippen LogP contribution in [-0.2, 0) is 10.0 Å². The van der Waals surface area contributed by atoms with E-state index in [1.165, 1.54) is 37.4 Å². The molecule has 3 aromatic carbocycles. The number of ether oxygens (including phenoxy) is 1. The highest BCUT2D eigenvalue weighted by atomic mass is 35.5. The maximum Gasteiger partial charge on any atom is 0.261 e. The highest BCUT2D eigenvalue weighted by Crippen LogP contribution is 2.31. The van der Waals surface area contributed by atoms with Crippen LogP contribution in [0.25, 0.3) is 0 Å². The summed E-state index contributed by atoms with van der Waals surface area (Å²) in [5.74, 6) is 0.428. The molecule has 30 heavy (non-hydrogen) atoms. The van der Waals surface area contributed by atoms with Crippen molar-refractivity contribution in [3.05, 3.63) is 81.8 Å². The van der Waals surface area contributed by atoms with Gasteiger partial charge in [0.15, 0.2) is 0 Å². The van der Waals surface area contributed by atoms with Crippen LogP contribution in [0.1, 0.15) is 15.9 Å². The number of hydrogen-bond acceptors (Lipinski definition) is 4. The maximum absolute atomic E-state index is 12.9. The van der Waals surface area contributed by atoms with Crippen LogP contribution in [-0.4, -0.2) is 21.4 Å². The quantitative estimate of drug-likeness (QED) is 0.521. The molecule has 156 valence electrons. The van der Waals surface area contributed by atoms with Crippen LogP contribution in [0.15, 0.2) is 65.6 Å². The number of amides is 1. The first-order valence-electron chi connectivity index (χ1n) is 8.79. The van der Waals surface area contributed by atoms with Gasteiger partial charge < -0.3 is 10.1 Å². The Balaban J connectivity index is 1.88. The summed E-state index contributed by atoms with van der Waals surface area (Å²) in [6, 6.07) is 15.8. The number of anilines is 1. The van der Waals surface area contributed by atoms with Crippen LogP contribution in [0.5, 0.6) is 11.5 Å². The first-order valence-corrected chi connectivity index (χ1v) is 11.0. The summed E-state index contributed by atoms with van der Waals surface area (Å²) in [6.45, 7) is 1.66. The van der Waals surface area contributed by atoms with Crippen LogP contribution in [0.3, 0.4) is 0 Å². The highest BCUT2D eigenvalue weighted by Gasteiger charge is 2.21. The second kappa shape index (κ2) is 8.95. The summed E-state index contributed by atoms with van der Waals surface area (Å²) < 4.78 is 33.9. The SMILES string of the molecule is CNC(=O)c1cc(Cl)cc(C)c1NS(=O)(=O)c1ccc(Oc2ccccc2Cl)cc1. The lowest BCUT2D eigenvalue weighted by Crippen LogP contribution is -2.22. The van der Waals surface area contributed by atoms with E-state index in [1.54, 1.807) is 37.3 Å². The Morgan fingerprint density at radius 1 is 1.00 bits per heavy atom. The van der Waals surface area contributed by atoms with E-state index in [2.05, 4.69) is 10.0 Å². The first kappa shape index (κ1) is 22.0. The van der Waals surface area contributed by atoms with Gasteiger partial charge in [-0.3, -0.25) is 9.52 Å². The van der Waals surface area contributed by atoms with E-state index in [0.717, 1.165) is 0 Å². The molecule has 1 amide bonds. The maximum atomic E-state index is 12.9. The minimum absolute atomic E-state index is 0.00575. The molecule has 9 heteroatoms. The van der Waals surface area contributed by atoms with Gasteiger partial charge in [-0.2, -0.15) is 0 Å². The van der Waals surface area contributed by atoms with Crippen molar-refractivity contribution in [1.82, 2.24) is 5.32 Å². The molecule has 0 unspecified atom stereocenters. The molecule has 3 aromatic rings. The number of hydrogen-bond donors (Lipinski definition) is 2. The van der Waals surface area contributed by atoms with Gasteiger partial charge in [-0.05, 0) is 61.0 Å². The van der Waals surface area contributed by atoms with Gasteiger partial charge >= 0.3 is 0 Å². The topological polar surface area (TPSA) is 84.5 Å². The van der Waals surface area contributed by atoms with E-state index in [9.17, 15) is 13.2 Å². The first-order chi connectivity index (χ1) is 14.2. The number of para-hydroxylation sites is 1. The Kier molecular flexibility index (Phi) is 6.55. The van der Waals surface area contributed by atoms with E-state index in [-0.39, 0.29) is 16.1 Å². The zero-order chi connectivity index (χ0) is 21.9. The van der Waals surface area contributed by atoms with Crippen molar-refractivity contribution in [2.45, 2.75) is 11.8 Å². The molecule has 0 heterocycles. The minimum Gasteiger partial charge on any atom is -0.456 e. The number of sulfonamides is 1. The molecule has 0 saturated heterocycles. The van der Waals surface area contributed by atoms with Crippen molar-refractivity contribution in [2.75, 3.05) is 11.8 Å². The summed E-state index contributed by atoms with van der Waals surface area (Å²) in [7, 11) is -2.51. The number of aryl methyl sites for hydroxylation is 1. The molecule has 0 radical (unpaired) electrons. The molecule has 0 aromatic heterocycles. The Morgan fingerprint density at radius 2 is 1.67 bits per heavy atom. The molecule has 0 aliphatic rings. The third kappa shape index (κ3) is 4.87. The lowest BCUT2D eigenvalue weighted by molar-refractivity contribution is 0.0964. The molecule has 0 atom stereocenters. The normalized spacial score (nSPS) is 11.1. The van der Waals surface area contributed by atoms with Gasteiger partial charge in [0, 0.05) is 12.1 Å². The van der Waals surface area contributed by atoms with Crippen LogP contribution in [0, 0.1) is 6.92 Å². The summed E-state index contributed by atoms with van der Waals surface area (Å²) in [5.41, 5.74) is 0.809. The monoisotopic (exact) mass is 464 g/mol. The Bertz CT molecular complexity index is 1200. The van der Waals surface area contributed by atoms with Gasteiger partial charge in [-0.1, -0.05) is 35.3 Å². The average Bonchev–Trinajstić information content (AvgIpc) is 2.71. The molecule has 0 saturated carbocycles. The lowest BCUT2D eigenvalue weighted by Gasteiger charge is -2.15. The Morgan fingerprint density at radius 3 is 2.30 bits per heavy atom. The molecule has 0 aliphatic carbocycles. The number of nitrogens with one attached hydrogen (secondary N) is 2. The molecule has 0 aliphatic heterocycles. The zero-order valence-electron chi connectivity index (χ0n) is 16.1. The van der Waals surface area contributed by atoms with Gasteiger partial charge in [0.2, 0.25) is 0 Å². The van der Waals surface area contributed by atoms with Crippen LogP contribution in [0.2, 0.25) is 10.0 Å². The van der Waals surface area contributed by atoms with Gasteiger partial charge in [-0.25, -0.2) is 8.42 Å². The molecule has 6 nitrogen and oxygen atoms in total. The molecule has 0 fully saturated rings. The standard InChI is InChI=1S/C21H18Cl2N2O4S/c1-13-11-14(22)12-17(21(26)24-2)20(13)25-30(27,28)16-9-7-15(8-10-16)29-19-6-4-3-5-18(19)23/h3-12,25H,1-2H3,(H,24,26). The number of rotatable bonds is 6. The summed E-state index contributed by atoms with van der Waals surface area (Å²) in [5, 5.41) is 3.25. The van der Waals surface area contributed by atoms with Crippen molar-refractivity contribution in [1.29, 1.82) is 0 Å². The largest absolute Gasteiger partial charge is 0.456 e. The van der Waals surface area contributed by atoms with E-state index in [1.807, 2.05) is 0 Å². The predicted octanol–water partition coefficient (Wildman–Crippen LogP) is 5.25. The number of halogens is 2. The van der Waals surface area contributed by atoms with E-state index in [4.69, 9.17) is 27.9 Å². The van der Waals surface area contributed by atoms with Crippen molar-refractivity contribution >= 4 is 44.8 Å². The number of benzene rings is 3.